The smallest absolute Gasteiger partial charge is 0.408 e. The zero-order valence-corrected chi connectivity index (χ0v) is 15.4. The van der Waals surface area contributed by atoms with Crippen LogP contribution < -0.4 is 16.0 Å². The van der Waals surface area contributed by atoms with Crippen molar-refractivity contribution in [3.63, 3.8) is 0 Å². The van der Waals surface area contributed by atoms with Crippen molar-refractivity contribution in [2.24, 2.45) is 0 Å². The van der Waals surface area contributed by atoms with Gasteiger partial charge in [-0.25, -0.2) is 4.79 Å². The molecule has 27 heavy (non-hydrogen) atoms. The van der Waals surface area contributed by atoms with Gasteiger partial charge in [0.15, 0.2) is 0 Å². The fourth-order valence-electron chi connectivity index (χ4n) is 2.05. The zero-order valence-electron chi connectivity index (χ0n) is 15.4. The summed E-state index contributed by atoms with van der Waals surface area (Å²) >= 11 is 0. The molecule has 1 aromatic heterocycles. The van der Waals surface area contributed by atoms with Crippen molar-refractivity contribution in [1.29, 1.82) is 0 Å². The minimum Gasteiger partial charge on any atom is -0.444 e. The number of anilines is 2. The van der Waals surface area contributed by atoms with Gasteiger partial charge in [0.1, 0.15) is 12.1 Å². The number of aromatic nitrogens is 1. The molecule has 0 saturated heterocycles. The summed E-state index contributed by atoms with van der Waals surface area (Å²) in [6.07, 6.45) is 2.39. The predicted octanol–water partition coefficient (Wildman–Crippen LogP) is 2.80. The first-order valence-corrected chi connectivity index (χ1v) is 8.31. The number of ether oxygens (including phenoxy) is 1. The van der Waals surface area contributed by atoms with Gasteiger partial charge in [0.25, 0.3) is 5.91 Å². The third kappa shape index (κ3) is 7.15. The molecule has 0 unspecified atom stereocenters. The molecule has 142 valence electrons. The van der Waals surface area contributed by atoms with Crippen LogP contribution in [0.4, 0.5) is 16.2 Å². The van der Waals surface area contributed by atoms with Crippen LogP contribution in [0.2, 0.25) is 0 Å². The van der Waals surface area contributed by atoms with Crippen molar-refractivity contribution in [2.45, 2.75) is 26.4 Å². The van der Waals surface area contributed by atoms with Gasteiger partial charge in [-0.05, 0) is 51.1 Å². The largest absolute Gasteiger partial charge is 0.444 e. The Morgan fingerprint density at radius 1 is 1.00 bits per heavy atom. The number of hydrogen-bond acceptors (Lipinski definition) is 5. The van der Waals surface area contributed by atoms with Gasteiger partial charge in [-0.1, -0.05) is 6.07 Å². The summed E-state index contributed by atoms with van der Waals surface area (Å²) in [5.74, 6) is -0.703. The molecule has 3 amide bonds. The van der Waals surface area contributed by atoms with E-state index < -0.39 is 17.6 Å². The zero-order chi connectivity index (χ0) is 19.9. The molecule has 8 heteroatoms. The monoisotopic (exact) mass is 370 g/mol. The van der Waals surface area contributed by atoms with Gasteiger partial charge in [-0.15, -0.1) is 0 Å². The Morgan fingerprint density at radius 3 is 2.26 bits per heavy atom. The maximum Gasteiger partial charge on any atom is 0.408 e. The van der Waals surface area contributed by atoms with E-state index in [0.717, 1.165) is 0 Å². The number of nitrogens with one attached hydrogen (secondary N) is 3. The van der Waals surface area contributed by atoms with E-state index in [-0.39, 0.29) is 12.5 Å². The van der Waals surface area contributed by atoms with Gasteiger partial charge >= 0.3 is 6.09 Å². The topological polar surface area (TPSA) is 109 Å². The standard InChI is InChI=1S/C19H22N4O4/c1-19(2,3)27-18(26)21-12-16(24)22-14-5-4-6-15(11-14)23-17(25)13-7-9-20-10-8-13/h4-11H,12H2,1-3H3,(H,21,26)(H,22,24)(H,23,25). The van der Waals surface area contributed by atoms with Gasteiger partial charge in [-0.2, -0.15) is 0 Å². The van der Waals surface area contributed by atoms with Gasteiger partial charge in [0, 0.05) is 29.3 Å². The van der Waals surface area contributed by atoms with Crippen LogP contribution in [-0.4, -0.2) is 35.0 Å². The predicted molar refractivity (Wildman–Crippen MR) is 101 cm³/mol. The van der Waals surface area contributed by atoms with E-state index in [0.29, 0.717) is 16.9 Å². The van der Waals surface area contributed by atoms with Crippen LogP contribution >= 0.6 is 0 Å². The quantitative estimate of drug-likeness (QED) is 0.750. The Hall–Kier alpha value is -3.42. The van der Waals surface area contributed by atoms with Crippen LogP contribution in [0.1, 0.15) is 31.1 Å². The first-order chi connectivity index (χ1) is 12.7. The van der Waals surface area contributed by atoms with Crippen LogP contribution in [0.15, 0.2) is 48.8 Å². The Bertz CT molecular complexity index is 816. The SMILES string of the molecule is CC(C)(C)OC(=O)NCC(=O)Nc1cccc(NC(=O)c2ccncc2)c1. The molecule has 0 aliphatic rings. The first kappa shape index (κ1) is 19.9. The molecule has 0 radical (unpaired) electrons. The number of alkyl carbamates (subject to hydrolysis) is 1. The van der Waals surface area contributed by atoms with Crippen LogP contribution in [0.25, 0.3) is 0 Å². The number of carbonyl (C=O) groups excluding carboxylic acids is 3. The molecular weight excluding hydrogens is 348 g/mol. The number of carbonyl (C=O) groups is 3. The van der Waals surface area contributed by atoms with Crippen molar-refractivity contribution in [1.82, 2.24) is 10.3 Å². The Morgan fingerprint density at radius 2 is 1.63 bits per heavy atom. The molecule has 0 aliphatic carbocycles. The van der Waals surface area contributed by atoms with Crippen molar-refractivity contribution >= 4 is 29.3 Å². The molecule has 0 bridgehead atoms. The van der Waals surface area contributed by atoms with Crippen molar-refractivity contribution in [3.8, 4) is 0 Å². The lowest BCUT2D eigenvalue weighted by Crippen LogP contribution is -2.37. The number of pyridine rings is 1. The Balaban J connectivity index is 1.88. The first-order valence-electron chi connectivity index (χ1n) is 8.31. The number of benzene rings is 1. The highest BCUT2D eigenvalue weighted by Gasteiger charge is 2.16. The highest BCUT2D eigenvalue weighted by molar-refractivity contribution is 6.04. The number of hydrogen-bond donors (Lipinski definition) is 3. The van der Waals surface area contributed by atoms with Gasteiger partial charge in [-0.3, -0.25) is 14.6 Å². The van der Waals surface area contributed by atoms with Gasteiger partial charge in [0.2, 0.25) is 5.91 Å². The average molecular weight is 370 g/mol. The molecule has 0 aliphatic heterocycles. The summed E-state index contributed by atoms with van der Waals surface area (Å²) in [6.45, 7) is 4.97. The number of rotatable bonds is 5. The second-order valence-electron chi connectivity index (χ2n) is 6.67. The summed E-state index contributed by atoms with van der Waals surface area (Å²) in [5, 5.41) is 7.76. The number of amides is 3. The fraction of sp³-hybridized carbons (Fsp3) is 0.263. The normalized spacial score (nSPS) is 10.6. The highest BCUT2D eigenvalue weighted by atomic mass is 16.6. The van der Waals surface area contributed by atoms with E-state index in [1.54, 1.807) is 57.2 Å². The summed E-state index contributed by atoms with van der Waals surface area (Å²) in [4.78, 5) is 39.5. The van der Waals surface area contributed by atoms with E-state index in [1.807, 2.05) is 0 Å². The second-order valence-corrected chi connectivity index (χ2v) is 6.67. The van der Waals surface area contributed by atoms with E-state index in [9.17, 15) is 14.4 Å². The maximum atomic E-state index is 12.2. The molecule has 1 heterocycles. The third-order valence-corrected chi connectivity index (χ3v) is 3.14. The van der Waals surface area contributed by atoms with E-state index in [4.69, 9.17) is 4.74 Å². The van der Waals surface area contributed by atoms with E-state index in [2.05, 4.69) is 20.9 Å². The summed E-state index contributed by atoms with van der Waals surface area (Å²) in [5.41, 5.74) is 0.844. The molecule has 0 atom stereocenters. The lowest BCUT2D eigenvalue weighted by molar-refractivity contribution is -0.115. The molecular formula is C19H22N4O4. The Kier molecular flexibility index (Phi) is 6.48. The molecule has 0 saturated carbocycles. The summed E-state index contributed by atoms with van der Waals surface area (Å²) in [7, 11) is 0. The summed E-state index contributed by atoms with van der Waals surface area (Å²) < 4.78 is 5.06. The third-order valence-electron chi connectivity index (χ3n) is 3.14. The van der Waals surface area contributed by atoms with Crippen molar-refractivity contribution in [2.75, 3.05) is 17.2 Å². The van der Waals surface area contributed by atoms with Gasteiger partial charge < -0.3 is 20.7 Å². The molecule has 3 N–H and O–H groups in total. The van der Waals surface area contributed by atoms with Crippen LogP contribution in [0.3, 0.4) is 0 Å². The maximum absolute atomic E-state index is 12.2. The molecule has 1 aromatic carbocycles. The average Bonchev–Trinajstić information content (AvgIpc) is 2.59. The Labute approximate surface area is 157 Å². The second kappa shape index (κ2) is 8.79. The van der Waals surface area contributed by atoms with Crippen LogP contribution in [-0.2, 0) is 9.53 Å². The molecule has 2 aromatic rings. The minimum absolute atomic E-state index is 0.234. The van der Waals surface area contributed by atoms with Crippen LogP contribution in [0, 0.1) is 0 Å². The molecule has 8 nitrogen and oxygen atoms in total. The van der Waals surface area contributed by atoms with Crippen molar-refractivity contribution < 1.29 is 19.1 Å². The fourth-order valence-corrected chi connectivity index (χ4v) is 2.05. The minimum atomic E-state index is -0.670. The van der Waals surface area contributed by atoms with E-state index in [1.165, 1.54) is 12.4 Å². The molecule has 2 rings (SSSR count). The van der Waals surface area contributed by atoms with Crippen molar-refractivity contribution in [3.05, 3.63) is 54.4 Å². The summed E-state index contributed by atoms with van der Waals surface area (Å²) in [6, 6.07) is 9.89. The van der Waals surface area contributed by atoms with Gasteiger partial charge in [0.05, 0.1) is 0 Å². The molecule has 0 fully saturated rings. The molecule has 0 spiro atoms. The number of nitrogens with zero attached hydrogens (tertiary/aromatic N) is 1. The van der Waals surface area contributed by atoms with Crippen LogP contribution in [0.5, 0.6) is 0 Å². The lowest BCUT2D eigenvalue weighted by Gasteiger charge is -2.19. The highest BCUT2D eigenvalue weighted by Crippen LogP contribution is 2.16. The van der Waals surface area contributed by atoms with E-state index >= 15 is 0 Å². The lowest BCUT2D eigenvalue weighted by atomic mass is 10.2.